The van der Waals surface area contributed by atoms with E-state index in [-0.39, 0.29) is 5.63 Å². The van der Waals surface area contributed by atoms with Gasteiger partial charge in [0, 0.05) is 23.9 Å². The Morgan fingerprint density at radius 3 is 2.88 bits per heavy atom. The zero-order chi connectivity index (χ0) is 12.1. The summed E-state index contributed by atoms with van der Waals surface area (Å²) in [5.41, 5.74) is 0.166. The minimum Gasteiger partial charge on any atom is -0.481 e. The van der Waals surface area contributed by atoms with Crippen LogP contribution in [0.1, 0.15) is 13.3 Å². The SMILES string of the molecule is CCC#CCOc1ccc2ccc(=O)oc2c1. The molecule has 0 saturated heterocycles. The molecule has 0 bridgehead atoms. The minimum atomic E-state index is -0.361. The van der Waals surface area contributed by atoms with Crippen molar-refractivity contribution in [3.63, 3.8) is 0 Å². The van der Waals surface area contributed by atoms with Gasteiger partial charge in [-0.3, -0.25) is 0 Å². The van der Waals surface area contributed by atoms with Gasteiger partial charge in [-0.2, -0.15) is 0 Å². The third kappa shape index (κ3) is 2.88. The number of rotatable bonds is 2. The summed E-state index contributed by atoms with van der Waals surface area (Å²) < 4.78 is 10.5. The molecule has 0 radical (unpaired) electrons. The Labute approximate surface area is 99.0 Å². The van der Waals surface area contributed by atoms with Crippen molar-refractivity contribution in [2.75, 3.05) is 6.61 Å². The molecule has 0 N–H and O–H groups in total. The van der Waals surface area contributed by atoms with Crippen LogP contribution in [0.5, 0.6) is 5.75 Å². The van der Waals surface area contributed by atoms with Gasteiger partial charge >= 0.3 is 5.63 Å². The fourth-order valence-corrected chi connectivity index (χ4v) is 1.43. The lowest BCUT2D eigenvalue weighted by atomic mass is 10.2. The molecule has 0 amide bonds. The third-order valence-corrected chi connectivity index (χ3v) is 2.21. The maximum Gasteiger partial charge on any atom is 0.336 e. The molecule has 0 atom stereocenters. The first kappa shape index (κ1) is 11.3. The molecule has 0 aliphatic rings. The van der Waals surface area contributed by atoms with Gasteiger partial charge in [0.2, 0.25) is 0 Å². The smallest absolute Gasteiger partial charge is 0.336 e. The van der Waals surface area contributed by atoms with Gasteiger partial charge in [-0.25, -0.2) is 4.79 Å². The predicted molar refractivity (Wildman–Crippen MR) is 66.0 cm³/mol. The second-order valence-electron chi connectivity index (χ2n) is 3.45. The Bertz CT molecular complexity index is 629. The molecule has 1 aromatic carbocycles. The van der Waals surface area contributed by atoms with Crippen molar-refractivity contribution >= 4 is 11.0 Å². The lowest BCUT2D eigenvalue weighted by Gasteiger charge is -2.02. The highest BCUT2D eigenvalue weighted by molar-refractivity contribution is 5.77. The van der Waals surface area contributed by atoms with E-state index in [2.05, 4.69) is 11.8 Å². The van der Waals surface area contributed by atoms with E-state index >= 15 is 0 Å². The van der Waals surface area contributed by atoms with Gasteiger partial charge in [0.1, 0.15) is 17.9 Å². The van der Waals surface area contributed by atoms with Crippen molar-refractivity contribution in [1.82, 2.24) is 0 Å². The zero-order valence-corrected chi connectivity index (χ0v) is 9.53. The molecule has 1 heterocycles. The number of fused-ring (bicyclic) bond motifs is 1. The van der Waals surface area contributed by atoms with Crippen LogP contribution in [-0.4, -0.2) is 6.61 Å². The van der Waals surface area contributed by atoms with Gasteiger partial charge in [-0.05, 0) is 18.2 Å². The fraction of sp³-hybridized carbons (Fsp3) is 0.214. The summed E-state index contributed by atoms with van der Waals surface area (Å²) in [5, 5.41) is 0.872. The van der Waals surface area contributed by atoms with Crippen molar-refractivity contribution in [3.05, 3.63) is 40.8 Å². The zero-order valence-electron chi connectivity index (χ0n) is 9.53. The van der Waals surface area contributed by atoms with E-state index in [1.807, 2.05) is 19.1 Å². The summed E-state index contributed by atoms with van der Waals surface area (Å²) in [6.07, 6.45) is 0.815. The first-order valence-electron chi connectivity index (χ1n) is 5.42. The third-order valence-electron chi connectivity index (χ3n) is 2.21. The quantitative estimate of drug-likeness (QED) is 0.586. The average Bonchev–Trinajstić information content (AvgIpc) is 2.34. The van der Waals surface area contributed by atoms with E-state index in [4.69, 9.17) is 9.15 Å². The van der Waals surface area contributed by atoms with Gasteiger partial charge in [0.15, 0.2) is 0 Å². The number of hydrogen-bond donors (Lipinski definition) is 0. The first-order valence-corrected chi connectivity index (χ1v) is 5.42. The van der Waals surface area contributed by atoms with Crippen molar-refractivity contribution in [3.8, 4) is 17.6 Å². The maximum atomic E-state index is 11.1. The van der Waals surface area contributed by atoms with Crippen LogP contribution in [0.2, 0.25) is 0 Å². The molecule has 3 nitrogen and oxygen atoms in total. The molecule has 0 spiro atoms. The highest BCUT2D eigenvalue weighted by Crippen LogP contribution is 2.19. The standard InChI is InChI=1S/C14H12O3/c1-2-3-4-9-16-12-7-5-11-6-8-14(15)17-13(11)10-12/h5-8,10H,2,9H2,1H3. The molecule has 2 rings (SSSR count). The summed E-state index contributed by atoms with van der Waals surface area (Å²) in [5.74, 6) is 6.44. The minimum absolute atomic E-state index is 0.344. The van der Waals surface area contributed by atoms with Gasteiger partial charge in [-0.1, -0.05) is 12.8 Å². The van der Waals surface area contributed by atoms with E-state index in [0.29, 0.717) is 17.9 Å². The van der Waals surface area contributed by atoms with Crippen molar-refractivity contribution in [2.45, 2.75) is 13.3 Å². The second kappa shape index (κ2) is 5.22. The van der Waals surface area contributed by atoms with Crippen LogP contribution in [0.3, 0.4) is 0 Å². The monoisotopic (exact) mass is 228 g/mol. The van der Waals surface area contributed by atoms with Crippen LogP contribution in [0.4, 0.5) is 0 Å². The van der Waals surface area contributed by atoms with Crippen LogP contribution < -0.4 is 10.4 Å². The lowest BCUT2D eigenvalue weighted by molar-refractivity contribution is 0.370. The van der Waals surface area contributed by atoms with Gasteiger partial charge < -0.3 is 9.15 Å². The van der Waals surface area contributed by atoms with Gasteiger partial charge in [0.05, 0.1) is 0 Å². The van der Waals surface area contributed by atoms with E-state index < -0.39 is 0 Å². The topological polar surface area (TPSA) is 39.4 Å². The van der Waals surface area contributed by atoms with Gasteiger partial charge in [0.25, 0.3) is 0 Å². The molecule has 2 aromatic rings. The summed E-state index contributed by atoms with van der Waals surface area (Å²) in [7, 11) is 0. The Morgan fingerprint density at radius 1 is 1.24 bits per heavy atom. The molecule has 0 aliphatic carbocycles. The summed E-state index contributed by atoms with van der Waals surface area (Å²) >= 11 is 0. The second-order valence-corrected chi connectivity index (χ2v) is 3.45. The van der Waals surface area contributed by atoms with Crippen LogP contribution in [0, 0.1) is 11.8 Å². The molecule has 17 heavy (non-hydrogen) atoms. The largest absolute Gasteiger partial charge is 0.481 e. The Kier molecular flexibility index (Phi) is 3.46. The molecule has 0 aliphatic heterocycles. The summed E-state index contributed by atoms with van der Waals surface area (Å²) in [4.78, 5) is 11.1. The van der Waals surface area contributed by atoms with Crippen molar-refractivity contribution < 1.29 is 9.15 Å². The average molecular weight is 228 g/mol. The van der Waals surface area contributed by atoms with Crippen molar-refractivity contribution in [1.29, 1.82) is 0 Å². The molecule has 0 fully saturated rings. The van der Waals surface area contributed by atoms with Crippen LogP contribution in [0.15, 0.2) is 39.5 Å². The fourth-order valence-electron chi connectivity index (χ4n) is 1.43. The predicted octanol–water partition coefficient (Wildman–Crippen LogP) is 2.59. The Hall–Kier alpha value is -2.21. The normalized spacial score (nSPS) is 9.71. The van der Waals surface area contributed by atoms with Gasteiger partial charge in [-0.15, -0.1) is 5.92 Å². The van der Waals surface area contributed by atoms with E-state index in [1.165, 1.54) is 6.07 Å². The number of hydrogen-bond acceptors (Lipinski definition) is 3. The highest BCUT2D eigenvalue weighted by atomic mass is 16.5. The lowest BCUT2D eigenvalue weighted by Crippen LogP contribution is -1.96. The van der Waals surface area contributed by atoms with E-state index in [9.17, 15) is 4.79 Å². The van der Waals surface area contributed by atoms with E-state index in [1.54, 1.807) is 12.1 Å². The summed E-state index contributed by atoms with van der Waals surface area (Å²) in [6.45, 7) is 2.33. The molecule has 0 unspecified atom stereocenters. The van der Waals surface area contributed by atoms with E-state index in [0.717, 1.165) is 11.8 Å². The molecule has 3 heteroatoms. The van der Waals surface area contributed by atoms with Crippen LogP contribution in [0.25, 0.3) is 11.0 Å². The van der Waals surface area contributed by atoms with Crippen molar-refractivity contribution in [2.24, 2.45) is 0 Å². The molecular formula is C14H12O3. The highest BCUT2D eigenvalue weighted by Gasteiger charge is 1.99. The maximum absolute atomic E-state index is 11.1. The van der Waals surface area contributed by atoms with Crippen LogP contribution in [-0.2, 0) is 0 Å². The first-order chi connectivity index (χ1) is 8.29. The molecule has 0 saturated carbocycles. The van der Waals surface area contributed by atoms with Crippen LogP contribution >= 0.6 is 0 Å². The number of benzene rings is 1. The Balaban J connectivity index is 2.22. The molecular weight excluding hydrogens is 216 g/mol. The summed E-state index contributed by atoms with van der Waals surface area (Å²) in [6, 6.07) is 8.50. The molecule has 1 aromatic heterocycles. The number of ether oxygens (including phenoxy) is 1. The molecule has 86 valence electrons. The Morgan fingerprint density at radius 2 is 2.06 bits per heavy atom.